The summed E-state index contributed by atoms with van der Waals surface area (Å²) in [6.45, 7) is 6.20. The first-order chi connectivity index (χ1) is 7.79. The first-order valence-corrected chi connectivity index (χ1v) is 7.77. The topological polar surface area (TPSA) is 81.4 Å². The van der Waals surface area contributed by atoms with E-state index in [-0.39, 0.29) is 18.5 Å². The zero-order valence-electron chi connectivity index (χ0n) is 10.9. The van der Waals surface area contributed by atoms with E-state index in [1.54, 1.807) is 0 Å². The van der Waals surface area contributed by atoms with Gasteiger partial charge in [-0.1, -0.05) is 0 Å². The lowest BCUT2D eigenvalue weighted by Gasteiger charge is -2.29. The molecule has 102 valence electrons. The average Bonchev–Trinajstić information content (AvgIpc) is 2.98. The molecule has 0 aromatic carbocycles. The zero-order valence-corrected chi connectivity index (χ0v) is 11.7. The van der Waals surface area contributed by atoms with Gasteiger partial charge in [-0.05, 0) is 39.5 Å². The first-order valence-electron chi connectivity index (χ1n) is 6.12. The van der Waals surface area contributed by atoms with Crippen LogP contribution in [0.4, 0.5) is 0 Å². The van der Waals surface area contributed by atoms with Crippen LogP contribution in [0.1, 0.15) is 33.6 Å². The Morgan fingerprint density at radius 3 is 2.47 bits per heavy atom. The zero-order chi connectivity index (χ0) is 13.1. The van der Waals surface area contributed by atoms with Gasteiger partial charge in [-0.3, -0.25) is 0 Å². The van der Waals surface area contributed by atoms with Crippen molar-refractivity contribution in [2.75, 3.05) is 18.9 Å². The van der Waals surface area contributed by atoms with Crippen molar-refractivity contribution in [1.82, 2.24) is 4.72 Å². The summed E-state index contributed by atoms with van der Waals surface area (Å²) >= 11 is 0. The molecule has 1 aliphatic rings. The van der Waals surface area contributed by atoms with Crippen molar-refractivity contribution in [2.45, 2.75) is 45.3 Å². The quantitative estimate of drug-likeness (QED) is 0.667. The van der Waals surface area contributed by atoms with Crippen molar-refractivity contribution < 1.29 is 13.2 Å². The standard InChI is InChI=1S/C11H24N2O3S/c1-9(2)16-6-7-17(14,15)13-11(3,8-12)10-4-5-10/h9-10,13H,4-8,12H2,1-3H3. The second kappa shape index (κ2) is 5.65. The van der Waals surface area contributed by atoms with E-state index in [4.69, 9.17) is 10.5 Å². The summed E-state index contributed by atoms with van der Waals surface area (Å²) in [5.74, 6) is 0.376. The monoisotopic (exact) mass is 264 g/mol. The lowest BCUT2D eigenvalue weighted by Crippen LogP contribution is -2.53. The molecule has 0 amide bonds. The van der Waals surface area contributed by atoms with Crippen LogP contribution in [0.2, 0.25) is 0 Å². The number of rotatable bonds is 8. The molecule has 0 saturated heterocycles. The van der Waals surface area contributed by atoms with Gasteiger partial charge < -0.3 is 10.5 Å². The Hall–Kier alpha value is -0.170. The fourth-order valence-corrected chi connectivity index (χ4v) is 3.19. The molecule has 1 saturated carbocycles. The van der Waals surface area contributed by atoms with Gasteiger partial charge in [0.15, 0.2) is 0 Å². The van der Waals surface area contributed by atoms with Gasteiger partial charge in [0.25, 0.3) is 0 Å². The number of sulfonamides is 1. The number of hydrogen-bond donors (Lipinski definition) is 2. The van der Waals surface area contributed by atoms with E-state index < -0.39 is 15.6 Å². The molecular weight excluding hydrogens is 240 g/mol. The van der Waals surface area contributed by atoms with E-state index in [1.807, 2.05) is 20.8 Å². The third-order valence-corrected chi connectivity index (χ3v) is 4.58. The van der Waals surface area contributed by atoms with Gasteiger partial charge in [-0.25, -0.2) is 13.1 Å². The first kappa shape index (κ1) is 14.9. The molecule has 0 spiro atoms. The molecule has 0 aliphatic heterocycles. The fraction of sp³-hybridized carbons (Fsp3) is 1.00. The van der Waals surface area contributed by atoms with Crippen molar-refractivity contribution in [1.29, 1.82) is 0 Å². The number of nitrogens with two attached hydrogens (primary N) is 1. The Morgan fingerprint density at radius 2 is 2.06 bits per heavy atom. The minimum Gasteiger partial charge on any atom is -0.378 e. The van der Waals surface area contributed by atoms with Crippen LogP contribution in [0.15, 0.2) is 0 Å². The number of ether oxygens (including phenoxy) is 1. The van der Waals surface area contributed by atoms with Gasteiger partial charge in [0, 0.05) is 12.1 Å². The summed E-state index contributed by atoms with van der Waals surface area (Å²) < 4.78 is 31.7. The molecule has 0 radical (unpaired) electrons. The van der Waals surface area contributed by atoms with Gasteiger partial charge in [-0.2, -0.15) is 0 Å². The third-order valence-electron chi connectivity index (χ3n) is 3.09. The molecular formula is C11H24N2O3S. The van der Waals surface area contributed by atoms with Crippen LogP contribution in [0.5, 0.6) is 0 Å². The second-order valence-corrected chi connectivity index (χ2v) is 7.08. The van der Waals surface area contributed by atoms with Gasteiger partial charge >= 0.3 is 0 Å². The maximum atomic E-state index is 11.9. The van der Waals surface area contributed by atoms with Crippen LogP contribution in [-0.4, -0.2) is 39.0 Å². The number of hydrogen-bond acceptors (Lipinski definition) is 4. The molecule has 1 unspecified atom stereocenters. The predicted octanol–water partition coefficient (Wildman–Crippen LogP) is 0.458. The molecule has 0 aromatic heterocycles. The SMILES string of the molecule is CC(C)OCCS(=O)(=O)NC(C)(CN)C1CC1. The highest BCUT2D eigenvalue weighted by atomic mass is 32.2. The molecule has 1 atom stereocenters. The van der Waals surface area contributed by atoms with Gasteiger partial charge in [0.2, 0.25) is 10.0 Å². The van der Waals surface area contributed by atoms with Crippen molar-refractivity contribution in [3.8, 4) is 0 Å². The van der Waals surface area contributed by atoms with Crippen molar-refractivity contribution in [3.05, 3.63) is 0 Å². The van der Waals surface area contributed by atoms with Crippen LogP contribution in [0.3, 0.4) is 0 Å². The highest BCUT2D eigenvalue weighted by Crippen LogP contribution is 2.39. The smallest absolute Gasteiger partial charge is 0.214 e. The van der Waals surface area contributed by atoms with E-state index in [2.05, 4.69) is 4.72 Å². The van der Waals surface area contributed by atoms with Crippen LogP contribution in [0, 0.1) is 5.92 Å². The van der Waals surface area contributed by atoms with Crippen molar-refractivity contribution in [2.24, 2.45) is 11.7 Å². The maximum Gasteiger partial charge on any atom is 0.214 e. The average molecular weight is 264 g/mol. The second-order valence-electron chi connectivity index (χ2n) is 5.24. The summed E-state index contributed by atoms with van der Waals surface area (Å²) in [6.07, 6.45) is 2.16. The Balaban J connectivity index is 2.47. The Morgan fingerprint density at radius 1 is 1.47 bits per heavy atom. The normalized spacial score (nSPS) is 20.5. The molecule has 5 nitrogen and oxygen atoms in total. The van der Waals surface area contributed by atoms with E-state index in [9.17, 15) is 8.42 Å². The molecule has 0 bridgehead atoms. The Labute approximate surface area is 104 Å². The highest BCUT2D eigenvalue weighted by molar-refractivity contribution is 7.89. The van der Waals surface area contributed by atoms with Crippen molar-refractivity contribution >= 4 is 10.0 Å². The summed E-state index contributed by atoms with van der Waals surface area (Å²) in [4.78, 5) is 0. The van der Waals surface area contributed by atoms with Crippen LogP contribution < -0.4 is 10.5 Å². The van der Waals surface area contributed by atoms with E-state index in [1.165, 1.54) is 0 Å². The highest BCUT2D eigenvalue weighted by Gasteiger charge is 2.42. The summed E-state index contributed by atoms with van der Waals surface area (Å²) in [7, 11) is -3.31. The Kier molecular flexibility index (Phi) is 4.95. The molecule has 3 N–H and O–H groups in total. The van der Waals surface area contributed by atoms with Crippen LogP contribution in [-0.2, 0) is 14.8 Å². The lowest BCUT2D eigenvalue weighted by atomic mass is 9.98. The lowest BCUT2D eigenvalue weighted by molar-refractivity contribution is 0.0910. The largest absolute Gasteiger partial charge is 0.378 e. The molecule has 1 rings (SSSR count). The third kappa shape index (κ3) is 4.91. The summed E-state index contributed by atoms with van der Waals surface area (Å²) in [5, 5.41) is 0. The molecule has 6 heteroatoms. The molecule has 0 heterocycles. The fourth-order valence-electron chi connectivity index (χ4n) is 1.81. The Bertz CT molecular complexity index is 339. The molecule has 1 fully saturated rings. The van der Waals surface area contributed by atoms with Crippen LogP contribution >= 0.6 is 0 Å². The minimum atomic E-state index is -3.31. The van der Waals surface area contributed by atoms with E-state index in [0.717, 1.165) is 12.8 Å². The van der Waals surface area contributed by atoms with Gasteiger partial charge in [-0.15, -0.1) is 0 Å². The predicted molar refractivity (Wildman–Crippen MR) is 68.2 cm³/mol. The van der Waals surface area contributed by atoms with Gasteiger partial charge in [0.05, 0.1) is 18.5 Å². The van der Waals surface area contributed by atoms with Crippen LogP contribution in [0.25, 0.3) is 0 Å². The molecule has 17 heavy (non-hydrogen) atoms. The van der Waals surface area contributed by atoms with Gasteiger partial charge in [0.1, 0.15) is 0 Å². The molecule has 1 aliphatic carbocycles. The molecule has 0 aromatic rings. The maximum absolute atomic E-state index is 11.9. The summed E-state index contributed by atoms with van der Waals surface area (Å²) in [5.41, 5.74) is 5.18. The van der Waals surface area contributed by atoms with Crippen molar-refractivity contribution in [3.63, 3.8) is 0 Å². The summed E-state index contributed by atoms with van der Waals surface area (Å²) in [6, 6.07) is 0. The van der Waals surface area contributed by atoms with E-state index >= 15 is 0 Å². The van der Waals surface area contributed by atoms with E-state index in [0.29, 0.717) is 12.5 Å². The number of nitrogens with one attached hydrogen (secondary N) is 1. The minimum absolute atomic E-state index is 0.00646.